The molecule has 6 nitrogen and oxygen atoms in total. The Morgan fingerprint density at radius 2 is 1.90 bits per heavy atom. The first-order chi connectivity index (χ1) is 9.15. The summed E-state index contributed by atoms with van der Waals surface area (Å²) in [6.45, 7) is 3.30. The SMILES string of the molecule is CC(C)(C#N)CNS(=O)(=O)Cc1ccc(C(=O)O)cc1. The van der Waals surface area contributed by atoms with Crippen LogP contribution in [0.1, 0.15) is 29.8 Å². The number of carbonyl (C=O) groups is 1. The van der Waals surface area contributed by atoms with Crippen LogP contribution in [0.5, 0.6) is 0 Å². The summed E-state index contributed by atoms with van der Waals surface area (Å²) in [5, 5.41) is 17.6. The molecule has 20 heavy (non-hydrogen) atoms. The van der Waals surface area contributed by atoms with Gasteiger partial charge in [-0.25, -0.2) is 17.9 Å². The average Bonchev–Trinajstić information content (AvgIpc) is 2.37. The number of aromatic carboxylic acids is 1. The van der Waals surface area contributed by atoms with Gasteiger partial charge in [0.25, 0.3) is 0 Å². The number of hydrogen-bond donors (Lipinski definition) is 2. The molecular formula is C13H16N2O4S. The van der Waals surface area contributed by atoms with Crippen LogP contribution in [0.2, 0.25) is 0 Å². The van der Waals surface area contributed by atoms with E-state index >= 15 is 0 Å². The smallest absolute Gasteiger partial charge is 0.335 e. The molecule has 0 aliphatic heterocycles. The van der Waals surface area contributed by atoms with Gasteiger partial charge in [-0.1, -0.05) is 12.1 Å². The van der Waals surface area contributed by atoms with E-state index in [1.165, 1.54) is 24.3 Å². The van der Waals surface area contributed by atoms with Gasteiger partial charge in [-0.05, 0) is 31.5 Å². The van der Waals surface area contributed by atoms with Crippen molar-refractivity contribution in [1.82, 2.24) is 4.72 Å². The van der Waals surface area contributed by atoms with Gasteiger partial charge in [-0.15, -0.1) is 0 Å². The van der Waals surface area contributed by atoms with E-state index in [0.29, 0.717) is 5.56 Å². The summed E-state index contributed by atoms with van der Waals surface area (Å²) in [5.41, 5.74) is -0.192. The van der Waals surface area contributed by atoms with Crippen molar-refractivity contribution in [3.8, 4) is 6.07 Å². The summed E-state index contributed by atoms with van der Waals surface area (Å²) >= 11 is 0. The summed E-state index contributed by atoms with van der Waals surface area (Å²) in [6, 6.07) is 7.63. The van der Waals surface area contributed by atoms with Crippen LogP contribution in [0.4, 0.5) is 0 Å². The fraction of sp³-hybridized carbons (Fsp3) is 0.385. The Morgan fingerprint density at radius 3 is 2.35 bits per heavy atom. The Balaban J connectivity index is 2.72. The molecule has 0 atom stereocenters. The maximum absolute atomic E-state index is 11.8. The van der Waals surface area contributed by atoms with Gasteiger partial charge in [0.15, 0.2) is 0 Å². The second-order valence-corrected chi connectivity index (χ2v) is 6.88. The number of carboxylic acids is 1. The second kappa shape index (κ2) is 6.03. The van der Waals surface area contributed by atoms with Crippen molar-refractivity contribution in [1.29, 1.82) is 5.26 Å². The van der Waals surface area contributed by atoms with Crippen LogP contribution < -0.4 is 4.72 Å². The Kier molecular flexibility index (Phi) is 4.87. The molecule has 108 valence electrons. The number of benzene rings is 1. The fourth-order valence-electron chi connectivity index (χ4n) is 1.34. The average molecular weight is 296 g/mol. The van der Waals surface area contributed by atoms with Crippen LogP contribution in [-0.2, 0) is 15.8 Å². The minimum atomic E-state index is -3.56. The number of hydrogen-bond acceptors (Lipinski definition) is 4. The molecule has 0 aliphatic carbocycles. The first-order valence-electron chi connectivity index (χ1n) is 5.86. The number of nitrogens with one attached hydrogen (secondary N) is 1. The van der Waals surface area contributed by atoms with Gasteiger partial charge < -0.3 is 5.11 Å². The third-order valence-corrected chi connectivity index (χ3v) is 3.89. The van der Waals surface area contributed by atoms with Gasteiger partial charge in [-0.2, -0.15) is 5.26 Å². The third kappa shape index (κ3) is 4.99. The monoisotopic (exact) mass is 296 g/mol. The Labute approximate surface area is 118 Å². The lowest BCUT2D eigenvalue weighted by atomic mass is 9.97. The molecule has 7 heteroatoms. The number of rotatable bonds is 6. The van der Waals surface area contributed by atoms with Crippen molar-refractivity contribution >= 4 is 16.0 Å². The Bertz CT molecular complexity index is 627. The topological polar surface area (TPSA) is 107 Å². The quantitative estimate of drug-likeness (QED) is 0.824. The van der Waals surface area contributed by atoms with Crippen molar-refractivity contribution in [2.45, 2.75) is 19.6 Å². The lowest BCUT2D eigenvalue weighted by Gasteiger charge is -2.16. The predicted molar refractivity (Wildman–Crippen MR) is 73.4 cm³/mol. The zero-order chi connectivity index (χ0) is 15.4. The van der Waals surface area contributed by atoms with E-state index in [1.54, 1.807) is 13.8 Å². The van der Waals surface area contributed by atoms with Crippen molar-refractivity contribution in [2.75, 3.05) is 6.54 Å². The van der Waals surface area contributed by atoms with Gasteiger partial charge in [-0.3, -0.25) is 0 Å². The van der Waals surface area contributed by atoms with Crippen LogP contribution in [0.25, 0.3) is 0 Å². The first-order valence-corrected chi connectivity index (χ1v) is 7.51. The van der Waals surface area contributed by atoms with Crippen LogP contribution in [0.3, 0.4) is 0 Å². The maximum atomic E-state index is 11.8. The molecule has 0 aliphatic rings. The van der Waals surface area contributed by atoms with Crippen molar-refractivity contribution in [3.63, 3.8) is 0 Å². The second-order valence-electron chi connectivity index (χ2n) is 5.08. The zero-order valence-corrected chi connectivity index (χ0v) is 12.1. The van der Waals surface area contributed by atoms with E-state index in [0.717, 1.165) is 0 Å². The molecule has 0 bridgehead atoms. The molecule has 0 fully saturated rings. The highest BCUT2D eigenvalue weighted by Crippen LogP contribution is 2.13. The summed E-state index contributed by atoms with van der Waals surface area (Å²) in [6.07, 6.45) is 0. The molecule has 1 aromatic rings. The summed E-state index contributed by atoms with van der Waals surface area (Å²) < 4.78 is 26.1. The van der Waals surface area contributed by atoms with Crippen molar-refractivity contribution < 1.29 is 18.3 Å². The number of nitrogens with zero attached hydrogens (tertiary/aromatic N) is 1. The van der Waals surface area contributed by atoms with Gasteiger partial charge in [0.1, 0.15) is 0 Å². The van der Waals surface area contributed by atoms with Crippen LogP contribution in [0, 0.1) is 16.7 Å². The van der Waals surface area contributed by atoms with Gasteiger partial charge in [0.05, 0.1) is 22.8 Å². The van der Waals surface area contributed by atoms with Crippen LogP contribution >= 0.6 is 0 Å². The molecule has 0 spiro atoms. The highest BCUT2D eigenvalue weighted by atomic mass is 32.2. The molecular weight excluding hydrogens is 280 g/mol. The molecule has 1 rings (SSSR count). The van der Waals surface area contributed by atoms with Crippen molar-refractivity contribution in [2.24, 2.45) is 5.41 Å². The number of nitriles is 1. The largest absolute Gasteiger partial charge is 0.478 e. The minimum Gasteiger partial charge on any atom is -0.478 e. The molecule has 0 saturated carbocycles. The number of sulfonamides is 1. The lowest BCUT2D eigenvalue weighted by Crippen LogP contribution is -2.33. The molecule has 1 aromatic carbocycles. The standard InChI is InChI=1S/C13H16N2O4S/c1-13(2,8-14)9-15-20(18,19)7-10-3-5-11(6-4-10)12(16)17/h3-6,15H,7,9H2,1-2H3,(H,16,17). The predicted octanol–water partition coefficient (Wildman–Crippen LogP) is 1.35. The summed E-state index contributed by atoms with van der Waals surface area (Å²) in [7, 11) is -3.56. The normalized spacial score (nSPS) is 11.8. The third-order valence-electron chi connectivity index (χ3n) is 2.59. The highest BCUT2D eigenvalue weighted by Gasteiger charge is 2.20. The van der Waals surface area contributed by atoms with E-state index in [1.807, 2.05) is 6.07 Å². The van der Waals surface area contributed by atoms with E-state index in [-0.39, 0.29) is 17.9 Å². The molecule has 0 amide bonds. The molecule has 0 radical (unpaired) electrons. The van der Waals surface area contributed by atoms with E-state index < -0.39 is 21.4 Å². The first kappa shape index (κ1) is 16.1. The molecule has 0 aromatic heterocycles. The van der Waals surface area contributed by atoms with Crippen molar-refractivity contribution in [3.05, 3.63) is 35.4 Å². The van der Waals surface area contributed by atoms with Gasteiger partial charge in [0, 0.05) is 6.54 Å². The highest BCUT2D eigenvalue weighted by molar-refractivity contribution is 7.88. The van der Waals surface area contributed by atoms with Gasteiger partial charge >= 0.3 is 5.97 Å². The maximum Gasteiger partial charge on any atom is 0.335 e. The zero-order valence-electron chi connectivity index (χ0n) is 11.3. The molecule has 0 heterocycles. The summed E-state index contributed by atoms with van der Waals surface area (Å²) in [4.78, 5) is 10.7. The Morgan fingerprint density at radius 1 is 1.35 bits per heavy atom. The lowest BCUT2D eigenvalue weighted by molar-refractivity contribution is 0.0697. The van der Waals surface area contributed by atoms with Crippen LogP contribution in [0.15, 0.2) is 24.3 Å². The Hall–Kier alpha value is -1.91. The minimum absolute atomic E-state index is 0.0268. The van der Waals surface area contributed by atoms with Crippen LogP contribution in [-0.4, -0.2) is 26.0 Å². The van der Waals surface area contributed by atoms with E-state index in [9.17, 15) is 13.2 Å². The molecule has 0 saturated heterocycles. The molecule has 2 N–H and O–H groups in total. The molecule has 0 unspecified atom stereocenters. The van der Waals surface area contributed by atoms with Gasteiger partial charge in [0.2, 0.25) is 10.0 Å². The fourth-order valence-corrected chi connectivity index (χ4v) is 2.66. The summed E-state index contributed by atoms with van der Waals surface area (Å²) in [5.74, 6) is -1.32. The van der Waals surface area contributed by atoms with E-state index in [4.69, 9.17) is 10.4 Å². The van der Waals surface area contributed by atoms with E-state index in [2.05, 4.69) is 4.72 Å². The number of carboxylic acid groups (broad SMARTS) is 1.